The fourth-order valence-corrected chi connectivity index (χ4v) is 6.02. The smallest absolute Gasteiger partial charge is 0.410 e. The maximum atomic E-state index is 15.4. The number of likely N-dealkylation sites (N-methyl/N-ethyl adjacent to an activating group) is 1. The number of nitrogens with zero attached hydrogens (tertiary/aromatic N) is 3. The van der Waals surface area contributed by atoms with Crippen LogP contribution >= 0.6 is 0 Å². The zero-order chi connectivity index (χ0) is 36.6. The van der Waals surface area contributed by atoms with E-state index in [-0.39, 0.29) is 37.3 Å². The first-order valence-electron chi connectivity index (χ1n) is 16.1. The third-order valence-electron chi connectivity index (χ3n) is 8.52. The van der Waals surface area contributed by atoms with Crippen molar-refractivity contribution in [3.8, 4) is 5.75 Å². The van der Waals surface area contributed by atoms with E-state index in [1.807, 2.05) is 31.2 Å². The summed E-state index contributed by atoms with van der Waals surface area (Å²) in [7, 11) is 0.830. The summed E-state index contributed by atoms with van der Waals surface area (Å²) in [5.41, 5.74) is -0.993. The van der Waals surface area contributed by atoms with E-state index in [4.69, 9.17) is 18.6 Å². The molecular formula is C35H54FN3O8Si. The van der Waals surface area contributed by atoms with Gasteiger partial charge in [-0.1, -0.05) is 45.9 Å². The highest BCUT2D eigenvalue weighted by Gasteiger charge is 2.42. The van der Waals surface area contributed by atoms with Crippen molar-refractivity contribution in [1.82, 2.24) is 9.80 Å². The van der Waals surface area contributed by atoms with E-state index in [0.29, 0.717) is 5.75 Å². The molecule has 3 atom stereocenters. The van der Waals surface area contributed by atoms with Gasteiger partial charge in [0.05, 0.1) is 43.0 Å². The van der Waals surface area contributed by atoms with Gasteiger partial charge in [0, 0.05) is 32.1 Å². The van der Waals surface area contributed by atoms with Gasteiger partial charge in [0.1, 0.15) is 11.4 Å². The number of carbonyl (C=O) groups is 2. The zero-order valence-electron chi connectivity index (χ0n) is 30.6. The average molecular weight is 692 g/mol. The number of carbonyl (C=O) groups excluding carboxylic acids is 2. The first kappa shape index (κ1) is 40.6. The lowest BCUT2D eigenvalue weighted by atomic mass is 10.0. The number of ether oxygens (including phenoxy) is 3. The molecule has 0 aromatic heterocycles. The Balaban J connectivity index is 2.45. The van der Waals surface area contributed by atoms with Gasteiger partial charge in [-0.15, -0.1) is 0 Å². The predicted molar refractivity (Wildman–Crippen MR) is 186 cm³/mol. The van der Waals surface area contributed by atoms with Crippen molar-refractivity contribution in [2.75, 3.05) is 33.9 Å². The minimum atomic E-state index is -2.39. The molecule has 0 saturated carbocycles. The topological polar surface area (TPSA) is 121 Å². The summed E-state index contributed by atoms with van der Waals surface area (Å²) in [6, 6.07) is 10.4. The number of rotatable bonds is 15. The lowest BCUT2D eigenvalue weighted by molar-refractivity contribution is -0.387. The highest BCUT2D eigenvalue weighted by atomic mass is 28.4. The van der Waals surface area contributed by atoms with Gasteiger partial charge in [-0.3, -0.25) is 14.9 Å². The Hall–Kier alpha value is -3.55. The van der Waals surface area contributed by atoms with Crippen LogP contribution in [0.25, 0.3) is 0 Å². The van der Waals surface area contributed by atoms with Crippen LogP contribution in [-0.2, 0) is 20.5 Å². The van der Waals surface area contributed by atoms with E-state index in [0.717, 1.165) is 11.6 Å². The van der Waals surface area contributed by atoms with E-state index < -0.39 is 60.1 Å². The van der Waals surface area contributed by atoms with E-state index in [1.54, 1.807) is 41.9 Å². The lowest BCUT2D eigenvalue weighted by Gasteiger charge is -2.43. The summed E-state index contributed by atoms with van der Waals surface area (Å²) < 4.78 is 39.0. The number of halogens is 1. The van der Waals surface area contributed by atoms with Gasteiger partial charge in [0.15, 0.2) is 8.32 Å². The van der Waals surface area contributed by atoms with E-state index in [2.05, 4.69) is 33.9 Å². The van der Waals surface area contributed by atoms with Crippen LogP contribution in [0.2, 0.25) is 18.1 Å². The van der Waals surface area contributed by atoms with Crippen LogP contribution in [0.4, 0.5) is 14.9 Å². The average Bonchev–Trinajstić information content (AvgIpc) is 2.97. The quantitative estimate of drug-likeness (QED) is 0.106. The number of hydrogen-bond donors (Lipinski definition) is 0. The predicted octanol–water partition coefficient (Wildman–Crippen LogP) is 7.68. The number of benzene rings is 2. The third-order valence-corrected chi connectivity index (χ3v) is 13.0. The van der Waals surface area contributed by atoms with E-state index in [1.165, 1.54) is 21.9 Å². The standard InChI is InChI=1S/C35H54FN3O8Si/c1-24(30(47-48(11,12)35(6,7)8)21-37(9)33(41)46-34(3,4)5)20-38(32(40)28-14-13-15-29(31(28)36)39(42)43)25(2)22-45-23-26-16-18-27(44-10)19-17-26/h13-19,24-25,30H,20-23H2,1-12H3/t24-,25+,30+/m1/s1. The molecule has 13 heteroatoms. The molecule has 0 fully saturated rings. The number of nitro benzene ring substituents is 1. The molecule has 268 valence electrons. The largest absolute Gasteiger partial charge is 0.497 e. The van der Waals surface area contributed by atoms with Crippen molar-refractivity contribution in [1.29, 1.82) is 0 Å². The Morgan fingerprint density at radius 2 is 1.60 bits per heavy atom. The first-order valence-corrected chi connectivity index (χ1v) is 19.0. The summed E-state index contributed by atoms with van der Waals surface area (Å²) in [6.07, 6.45) is -1.04. The van der Waals surface area contributed by atoms with Crippen molar-refractivity contribution in [3.63, 3.8) is 0 Å². The molecule has 0 aliphatic carbocycles. The maximum absolute atomic E-state index is 15.4. The van der Waals surface area contributed by atoms with Crippen molar-refractivity contribution >= 4 is 26.0 Å². The molecule has 0 radical (unpaired) electrons. The van der Waals surface area contributed by atoms with Gasteiger partial charge in [0.2, 0.25) is 5.82 Å². The zero-order valence-corrected chi connectivity index (χ0v) is 31.6. The van der Waals surface area contributed by atoms with Gasteiger partial charge in [-0.2, -0.15) is 4.39 Å². The second kappa shape index (κ2) is 16.7. The number of amides is 2. The Kier molecular flexibility index (Phi) is 14.1. The van der Waals surface area contributed by atoms with Crippen LogP contribution in [-0.4, -0.2) is 86.6 Å². The summed E-state index contributed by atoms with van der Waals surface area (Å²) in [4.78, 5) is 40.6. The first-order chi connectivity index (χ1) is 22.1. The summed E-state index contributed by atoms with van der Waals surface area (Å²) in [6.45, 7) is 20.3. The van der Waals surface area contributed by atoms with Gasteiger partial charge in [-0.05, 0) is 69.6 Å². The monoisotopic (exact) mass is 691 g/mol. The summed E-state index contributed by atoms with van der Waals surface area (Å²) in [5, 5.41) is 11.3. The SMILES string of the molecule is COc1ccc(COC[C@H](C)N(C[C@@H](C)[C@H](CN(C)C(=O)OC(C)(C)C)O[Si](C)(C)C(C)(C)C)C(=O)c2cccc([N+](=O)[O-])c2F)cc1. The number of methoxy groups -OCH3 is 1. The highest BCUT2D eigenvalue weighted by Crippen LogP contribution is 2.38. The molecule has 0 heterocycles. The van der Waals surface area contributed by atoms with Gasteiger partial charge in [0.25, 0.3) is 5.91 Å². The normalized spacial score (nSPS) is 14.1. The van der Waals surface area contributed by atoms with Crippen LogP contribution in [0.3, 0.4) is 0 Å². The van der Waals surface area contributed by atoms with E-state index in [9.17, 15) is 19.7 Å². The maximum Gasteiger partial charge on any atom is 0.410 e. The van der Waals surface area contributed by atoms with Crippen LogP contribution in [0.5, 0.6) is 5.75 Å². The van der Waals surface area contributed by atoms with Gasteiger partial charge >= 0.3 is 11.8 Å². The Morgan fingerprint density at radius 3 is 2.12 bits per heavy atom. The van der Waals surface area contributed by atoms with Crippen molar-refractivity contribution in [2.45, 2.75) is 97.9 Å². The minimum Gasteiger partial charge on any atom is -0.497 e. The van der Waals surface area contributed by atoms with Crippen LogP contribution in [0.15, 0.2) is 42.5 Å². The molecule has 2 aromatic rings. The highest BCUT2D eigenvalue weighted by molar-refractivity contribution is 6.74. The van der Waals surface area contributed by atoms with Crippen molar-refractivity contribution < 1.29 is 37.5 Å². The van der Waals surface area contributed by atoms with E-state index >= 15 is 4.39 Å². The Bertz CT molecular complexity index is 1390. The molecule has 0 unspecified atom stereocenters. The molecule has 11 nitrogen and oxygen atoms in total. The molecule has 48 heavy (non-hydrogen) atoms. The summed E-state index contributed by atoms with van der Waals surface area (Å²) in [5.74, 6) is -1.56. The molecule has 2 amide bonds. The number of nitro groups is 1. The molecule has 0 aliphatic rings. The van der Waals surface area contributed by atoms with Crippen molar-refractivity contribution in [3.05, 3.63) is 69.5 Å². The molecule has 0 aliphatic heterocycles. The van der Waals surface area contributed by atoms with Crippen LogP contribution < -0.4 is 4.74 Å². The second-order valence-corrected chi connectivity index (χ2v) is 19.6. The number of hydrogen-bond acceptors (Lipinski definition) is 8. The van der Waals surface area contributed by atoms with Crippen LogP contribution in [0, 0.1) is 21.8 Å². The van der Waals surface area contributed by atoms with Gasteiger partial charge < -0.3 is 28.4 Å². The van der Waals surface area contributed by atoms with Crippen LogP contribution in [0.1, 0.15) is 71.3 Å². The Labute approximate surface area is 286 Å². The Morgan fingerprint density at radius 1 is 1.00 bits per heavy atom. The minimum absolute atomic E-state index is 0.0927. The molecule has 0 saturated heterocycles. The fraction of sp³-hybridized carbons (Fsp3) is 0.600. The summed E-state index contributed by atoms with van der Waals surface area (Å²) >= 11 is 0. The third kappa shape index (κ3) is 11.6. The molecular weight excluding hydrogens is 637 g/mol. The molecule has 0 bridgehead atoms. The second-order valence-electron chi connectivity index (χ2n) is 14.8. The lowest BCUT2D eigenvalue weighted by Crippen LogP contribution is -2.52. The molecule has 2 aromatic carbocycles. The molecule has 0 spiro atoms. The fourth-order valence-electron chi connectivity index (χ4n) is 4.60. The van der Waals surface area contributed by atoms with Gasteiger partial charge in [-0.25, -0.2) is 4.79 Å². The van der Waals surface area contributed by atoms with Crippen molar-refractivity contribution in [2.24, 2.45) is 5.92 Å². The molecule has 0 N–H and O–H groups in total. The molecule has 2 rings (SSSR count).